The van der Waals surface area contributed by atoms with E-state index in [2.05, 4.69) is 5.32 Å². The fraction of sp³-hybridized carbons (Fsp3) is 0.263. The van der Waals surface area contributed by atoms with Crippen LogP contribution in [0.4, 0.5) is 11.4 Å². The van der Waals surface area contributed by atoms with Crippen LogP contribution in [0.5, 0.6) is 11.5 Å². The van der Waals surface area contributed by atoms with Gasteiger partial charge in [-0.2, -0.15) is 0 Å². The number of amides is 2. The maximum atomic E-state index is 12.4. The van der Waals surface area contributed by atoms with Crippen molar-refractivity contribution >= 4 is 34.8 Å². The summed E-state index contributed by atoms with van der Waals surface area (Å²) in [6, 6.07) is 10.5. The number of aryl methyl sites for hydroxylation is 1. The Morgan fingerprint density at radius 2 is 1.81 bits per heavy atom. The standard InChI is InChI=1S/C19H21ClN2O4/c1-12-6-5-7-14(8-12)21-19(24)11-22(13(2)23)16-10-17(25-3)15(20)9-18(16)26-4/h5-10H,11H2,1-4H3,(H,21,24). The van der Waals surface area contributed by atoms with E-state index in [9.17, 15) is 9.59 Å². The molecule has 0 aliphatic heterocycles. The number of rotatable bonds is 6. The van der Waals surface area contributed by atoms with Crippen LogP contribution in [0.1, 0.15) is 12.5 Å². The number of carbonyl (C=O) groups is 2. The van der Waals surface area contributed by atoms with E-state index in [4.69, 9.17) is 21.1 Å². The first-order valence-electron chi connectivity index (χ1n) is 7.92. The first-order valence-corrected chi connectivity index (χ1v) is 8.29. The van der Waals surface area contributed by atoms with E-state index >= 15 is 0 Å². The summed E-state index contributed by atoms with van der Waals surface area (Å²) in [6.07, 6.45) is 0. The molecule has 0 saturated carbocycles. The van der Waals surface area contributed by atoms with Crippen molar-refractivity contribution in [1.29, 1.82) is 0 Å². The van der Waals surface area contributed by atoms with E-state index in [0.29, 0.717) is 27.9 Å². The molecule has 138 valence electrons. The summed E-state index contributed by atoms with van der Waals surface area (Å²) >= 11 is 6.10. The molecule has 2 aromatic rings. The Bertz CT molecular complexity index is 823. The van der Waals surface area contributed by atoms with Crippen LogP contribution in [0.3, 0.4) is 0 Å². The summed E-state index contributed by atoms with van der Waals surface area (Å²) in [5.41, 5.74) is 2.09. The molecule has 0 saturated heterocycles. The summed E-state index contributed by atoms with van der Waals surface area (Å²) in [5.74, 6) is 0.107. The molecular weight excluding hydrogens is 356 g/mol. The van der Waals surface area contributed by atoms with Crippen LogP contribution in [-0.2, 0) is 9.59 Å². The van der Waals surface area contributed by atoms with Gasteiger partial charge in [0.05, 0.1) is 24.9 Å². The minimum Gasteiger partial charge on any atom is -0.495 e. The Balaban J connectivity index is 2.29. The van der Waals surface area contributed by atoms with Gasteiger partial charge in [-0.3, -0.25) is 14.5 Å². The van der Waals surface area contributed by atoms with Crippen LogP contribution >= 0.6 is 11.6 Å². The Labute approximate surface area is 157 Å². The number of carbonyl (C=O) groups excluding carboxylic acids is 2. The van der Waals surface area contributed by atoms with Crippen LogP contribution in [0.15, 0.2) is 36.4 Å². The van der Waals surface area contributed by atoms with Gasteiger partial charge in [-0.25, -0.2) is 0 Å². The van der Waals surface area contributed by atoms with E-state index in [-0.39, 0.29) is 18.4 Å². The maximum Gasteiger partial charge on any atom is 0.244 e. The monoisotopic (exact) mass is 376 g/mol. The zero-order valence-corrected chi connectivity index (χ0v) is 15.9. The van der Waals surface area contributed by atoms with Gasteiger partial charge in [-0.05, 0) is 24.6 Å². The fourth-order valence-electron chi connectivity index (χ4n) is 2.49. The van der Waals surface area contributed by atoms with Gasteiger partial charge in [0.15, 0.2) is 0 Å². The highest BCUT2D eigenvalue weighted by atomic mass is 35.5. The minimum atomic E-state index is -0.332. The van der Waals surface area contributed by atoms with E-state index in [1.807, 2.05) is 25.1 Å². The van der Waals surface area contributed by atoms with Gasteiger partial charge in [0.1, 0.15) is 18.0 Å². The molecule has 6 nitrogen and oxygen atoms in total. The second kappa shape index (κ2) is 8.58. The lowest BCUT2D eigenvalue weighted by Gasteiger charge is -2.23. The molecule has 0 atom stereocenters. The third-order valence-electron chi connectivity index (χ3n) is 3.73. The van der Waals surface area contributed by atoms with Crippen LogP contribution in [0.2, 0.25) is 5.02 Å². The molecule has 0 aliphatic carbocycles. The average molecular weight is 377 g/mol. The molecule has 2 amide bonds. The summed E-state index contributed by atoms with van der Waals surface area (Å²) < 4.78 is 10.5. The van der Waals surface area contributed by atoms with Gasteiger partial charge >= 0.3 is 0 Å². The number of hydrogen-bond donors (Lipinski definition) is 1. The van der Waals surface area contributed by atoms with E-state index in [0.717, 1.165) is 5.56 Å². The smallest absolute Gasteiger partial charge is 0.244 e. The second-order valence-corrected chi connectivity index (χ2v) is 6.09. The Kier molecular flexibility index (Phi) is 6.46. The summed E-state index contributed by atoms with van der Waals surface area (Å²) in [4.78, 5) is 25.9. The molecule has 0 unspecified atom stereocenters. The molecule has 0 spiro atoms. The van der Waals surface area contributed by atoms with Crippen molar-refractivity contribution in [3.05, 3.63) is 47.0 Å². The lowest BCUT2D eigenvalue weighted by atomic mass is 10.2. The molecular formula is C19H21ClN2O4. The Morgan fingerprint density at radius 3 is 2.38 bits per heavy atom. The van der Waals surface area contributed by atoms with Crippen LogP contribution in [0, 0.1) is 6.92 Å². The van der Waals surface area contributed by atoms with Gasteiger partial charge < -0.3 is 14.8 Å². The predicted molar refractivity (Wildman–Crippen MR) is 102 cm³/mol. The molecule has 0 aliphatic rings. The van der Waals surface area contributed by atoms with Crippen LogP contribution in [0.25, 0.3) is 0 Å². The molecule has 2 rings (SSSR count). The van der Waals surface area contributed by atoms with Crippen molar-refractivity contribution in [2.24, 2.45) is 0 Å². The van der Waals surface area contributed by atoms with E-state index in [1.54, 1.807) is 18.2 Å². The molecule has 0 bridgehead atoms. The number of nitrogens with zero attached hydrogens (tertiary/aromatic N) is 1. The molecule has 7 heteroatoms. The summed E-state index contributed by atoms with van der Waals surface area (Å²) in [6.45, 7) is 3.13. The molecule has 0 heterocycles. The quantitative estimate of drug-likeness (QED) is 0.835. The number of ether oxygens (including phenoxy) is 2. The Morgan fingerprint density at radius 1 is 1.12 bits per heavy atom. The van der Waals surface area contributed by atoms with Crippen molar-refractivity contribution in [2.45, 2.75) is 13.8 Å². The SMILES string of the molecule is COc1cc(N(CC(=O)Nc2cccc(C)c2)C(C)=O)c(OC)cc1Cl. The third-order valence-corrected chi connectivity index (χ3v) is 4.02. The largest absolute Gasteiger partial charge is 0.495 e. The normalized spacial score (nSPS) is 10.2. The first kappa shape index (κ1) is 19.6. The molecule has 0 aromatic heterocycles. The topological polar surface area (TPSA) is 67.9 Å². The van der Waals surface area contributed by atoms with Crippen molar-refractivity contribution in [3.8, 4) is 11.5 Å². The molecule has 0 radical (unpaired) electrons. The number of anilines is 2. The number of hydrogen-bond acceptors (Lipinski definition) is 4. The highest BCUT2D eigenvalue weighted by Crippen LogP contribution is 2.38. The Hall–Kier alpha value is -2.73. The fourth-order valence-corrected chi connectivity index (χ4v) is 2.72. The van der Waals surface area contributed by atoms with Crippen LogP contribution in [-0.4, -0.2) is 32.6 Å². The van der Waals surface area contributed by atoms with Gasteiger partial charge in [0.25, 0.3) is 0 Å². The van der Waals surface area contributed by atoms with Gasteiger partial charge in [0, 0.05) is 24.7 Å². The number of halogens is 1. The van der Waals surface area contributed by atoms with Crippen molar-refractivity contribution in [1.82, 2.24) is 0 Å². The minimum absolute atomic E-state index is 0.176. The van der Waals surface area contributed by atoms with Gasteiger partial charge in [0.2, 0.25) is 11.8 Å². The zero-order valence-electron chi connectivity index (χ0n) is 15.1. The summed E-state index contributed by atoms with van der Waals surface area (Å²) in [5, 5.41) is 3.13. The predicted octanol–water partition coefficient (Wildman–Crippen LogP) is 3.66. The number of methoxy groups -OCH3 is 2. The van der Waals surface area contributed by atoms with Crippen molar-refractivity contribution < 1.29 is 19.1 Å². The average Bonchev–Trinajstić information content (AvgIpc) is 2.59. The highest BCUT2D eigenvalue weighted by molar-refractivity contribution is 6.32. The molecule has 1 N–H and O–H groups in total. The maximum absolute atomic E-state index is 12.4. The molecule has 2 aromatic carbocycles. The van der Waals surface area contributed by atoms with Crippen molar-refractivity contribution in [3.63, 3.8) is 0 Å². The summed E-state index contributed by atoms with van der Waals surface area (Å²) in [7, 11) is 2.94. The van der Waals surface area contributed by atoms with E-state index < -0.39 is 0 Å². The molecule has 0 fully saturated rings. The third kappa shape index (κ3) is 4.67. The number of benzene rings is 2. The van der Waals surface area contributed by atoms with E-state index in [1.165, 1.54) is 26.0 Å². The second-order valence-electron chi connectivity index (χ2n) is 5.68. The highest BCUT2D eigenvalue weighted by Gasteiger charge is 2.22. The zero-order chi connectivity index (χ0) is 19.3. The first-order chi connectivity index (χ1) is 12.3. The van der Waals surface area contributed by atoms with Crippen molar-refractivity contribution in [2.75, 3.05) is 31.0 Å². The van der Waals surface area contributed by atoms with Gasteiger partial charge in [-0.1, -0.05) is 23.7 Å². The van der Waals surface area contributed by atoms with Crippen LogP contribution < -0.4 is 19.7 Å². The lowest BCUT2D eigenvalue weighted by Crippen LogP contribution is -2.37. The number of nitrogens with one attached hydrogen (secondary N) is 1. The molecule has 26 heavy (non-hydrogen) atoms. The lowest BCUT2D eigenvalue weighted by molar-refractivity contribution is -0.120. The van der Waals surface area contributed by atoms with Gasteiger partial charge in [-0.15, -0.1) is 0 Å².